The van der Waals surface area contributed by atoms with Gasteiger partial charge in [-0.3, -0.25) is 0 Å². The molecule has 0 fully saturated rings. The maximum Gasteiger partial charge on any atom is 0.149 e. The van der Waals surface area contributed by atoms with Crippen LogP contribution in [0, 0.1) is 5.41 Å². The predicted molar refractivity (Wildman–Crippen MR) is 30.3 cm³/mol. The van der Waals surface area contributed by atoms with Crippen LogP contribution in [0.3, 0.4) is 0 Å². The van der Waals surface area contributed by atoms with Crippen molar-refractivity contribution in [3.63, 3.8) is 0 Å². The van der Waals surface area contributed by atoms with Crippen molar-refractivity contribution in [2.75, 3.05) is 7.11 Å². The van der Waals surface area contributed by atoms with Crippen LogP contribution in [0.15, 0.2) is 0 Å². The minimum absolute atomic E-state index is 0.375. The minimum atomic E-state index is -0.424. The molecule has 0 aromatic heterocycles. The van der Waals surface area contributed by atoms with Gasteiger partial charge in [-0.05, 0) is 6.21 Å². The molecular weight excluding hydrogens is 106 g/mol. The fourth-order valence-corrected chi connectivity index (χ4v) is 0.323. The smallest absolute Gasteiger partial charge is 0.149 e. The first-order chi connectivity index (χ1) is 3.85. The summed E-state index contributed by atoms with van der Waals surface area (Å²) in [5.74, 6) is 0. The molecule has 0 aromatic rings. The molecule has 0 saturated heterocycles. The van der Waals surface area contributed by atoms with E-state index >= 15 is 0 Å². The Balaban J connectivity index is 3.35. The summed E-state index contributed by atoms with van der Waals surface area (Å²) in [5.41, 5.74) is 0. The molecular formula is C5H9NO2. The molecule has 0 rings (SSSR count). The summed E-state index contributed by atoms with van der Waals surface area (Å²) in [7, 11) is 1.45. The highest BCUT2D eigenvalue weighted by Crippen LogP contribution is 1.87. The van der Waals surface area contributed by atoms with Crippen LogP contribution in [0.5, 0.6) is 0 Å². The van der Waals surface area contributed by atoms with Gasteiger partial charge in [-0.15, -0.1) is 0 Å². The van der Waals surface area contributed by atoms with Gasteiger partial charge in [0.15, 0.2) is 0 Å². The van der Waals surface area contributed by atoms with Gasteiger partial charge in [0.25, 0.3) is 0 Å². The zero-order valence-electron chi connectivity index (χ0n) is 4.76. The lowest BCUT2D eigenvalue weighted by Gasteiger charge is -2.00. The Labute approximate surface area is 48.2 Å². The quantitative estimate of drug-likeness (QED) is 0.421. The van der Waals surface area contributed by atoms with Crippen LogP contribution >= 0.6 is 0 Å². The van der Waals surface area contributed by atoms with Crippen molar-refractivity contribution >= 4 is 12.5 Å². The lowest BCUT2D eigenvalue weighted by Crippen LogP contribution is -2.11. The van der Waals surface area contributed by atoms with Gasteiger partial charge in [-0.2, -0.15) is 0 Å². The second kappa shape index (κ2) is 4.46. The predicted octanol–water partition coefficient (Wildman–Crippen LogP) is 0.240. The van der Waals surface area contributed by atoms with E-state index in [-0.39, 0.29) is 0 Å². The summed E-state index contributed by atoms with van der Waals surface area (Å²) in [5, 5.41) is 6.58. The Bertz CT molecular complexity index is 82.5. The van der Waals surface area contributed by atoms with Gasteiger partial charge >= 0.3 is 0 Å². The number of hydrogen-bond acceptors (Lipinski definition) is 3. The van der Waals surface area contributed by atoms with Gasteiger partial charge in [0.2, 0.25) is 0 Å². The van der Waals surface area contributed by atoms with Crippen molar-refractivity contribution in [1.82, 2.24) is 0 Å². The lowest BCUT2D eigenvalue weighted by atomic mass is 10.3. The Kier molecular flexibility index (Phi) is 4.07. The number of carbonyl (C=O) groups is 1. The topological polar surface area (TPSA) is 50.2 Å². The molecule has 0 saturated carbocycles. The van der Waals surface area contributed by atoms with E-state index in [0.29, 0.717) is 12.7 Å². The molecule has 1 N–H and O–H groups in total. The van der Waals surface area contributed by atoms with E-state index in [1.807, 2.05) is 0 Å². The lowest BCUT2D eigenvalue weighted by molar-refractivity contribution is -0.115. The molecule has 0 bridgehead atoms. The monoisotopic (exact) mass is 115 g/mol. The van der Waals surface area contributed by atoms with Crippen LogP contribution in [0.2, 0.25) is 0 Å². The average Bonchev–Trinajstić information content (AvgIpc) is 1.83. The first kappa shape index (κ1) is 7.30. The van der Waals surface area contributed by atoms with Crippen LogP contribution in [-0.2, 0) is 9.53 Å². The summed E-state index contributed by atoms with van der Waals surface area (Å²) in [6, 6.07) is 0. The highest BCUT2D eigenvalue weighted by Gasteiger charge is 1.99. The van der Waals surface area contributed by atoms with Gasteiger partial charge in [-0.1, -0.05) is 0 Å². The summed E-state index contributed by atoms with van der Waals surface area (Å²) in [6.45, 7) is 0. The van der Waals surface area contributed by atoms with Gasteiger partial charge in [0, 0.05) is 13.5 Å². The SMILES string of the molecule is COC(C=O)CC=N. The van der Waals surface area contributed by atoms with Gasteiger partial charge in [0.1, 0.15) is 12.4 Å². The molecule has 0 amide bonds. The van der Waals surface area contributed by atoms with Crippen molar-refractivity contribution in [3.8, 4) is 0 Å². The molecule has 0 aliphatic rings. The number of carbonyl (C=O) groups excluding carboxylic acids is 1. The van der Waals surface area contributed by atoms with E-state index in [2.05, 4.69) is 4.74 Å². The van der Waals surface area contributed by atoms with Crippen molar-refractivity contribution in [2.45, 2.75) is 12.5 Å². The maximum absolute atomic E-state index is 9.90. The molecule has 0 spiro atoms. The number of ether oxygens (including phenoxy) is 1. The molecule has 3 nitrogen and oxygen atoms in total. The fraction of sp³-hybridized carbons (Fsp3) is 0.600. The first-order valence-corrected chi connectivity index (χ1v) is 2.32. The Morgan fingerprint density at radius 1 is 1.88 bits per heavy atom. The number of aldehydes is 1. The van der Waals surface area contributed by atoms with Crippen molar-refractivity contribution in [1.29, 1.82) is 5.41 Å². The maximum atomic E-state index is 9.90. The minimum Gasteiger partial charge on any atom is -0.374 e. The second-order valence-corrected chi connectivity index (χ2v) is 1.35. The highest BCUT2D eigenvalue weighted by molar-refractivity contribution is 5.65. The van der Waals surface area contributed by atoms with Crippen LogP contribution < -0.4 is 0 Å². The highest BCUT2D eigenvalue weighted by atomic mass is 16.5. The molecule has 1 unspecified atom stereocenters. The second-order valence-electron chi connectivity index (χ2n) is 1.35. The molecule has 0 aliphatic heterocycles. The van der Waals surface area contributed by atoms with Gasteiger partial charge < -0.3 is 14.9 Å². The van der Waals surface area contributed by atoms with E-state index < -0.39 is 6.10 Å². The van der Waals surface area contributed by atoms with Crippen molar-refractivity contribution in [2.24, 2.45) is 0 Å². The normalized spacial score (nSPS) is 12.6. The third-order valence-corrected chi connectivity index (χ3v) is 0.805. The Hall–Kier alpha value is -0.700. The summed E-state index contributed by atoms with van der Waals surface area (Å²) < 4.78 is 4.62. The van der Waals surface area contributed by atoms with Crippen LogP contribution in [0.1, 0.15) is 6.42 Å². The van der Waals surface area contributed by atoms with Crippen molar-refractivity contribution < 1.29 is 9.53 Å². The van der Waals surface area contributed by atoms with E-state index in [1.54, 1.807) is 0 Å². The first-order valence-electron chi connectivity index (χ1n) is 2.32. The van der Waals surface area contributed by atoms with Crippen LogP contribution in [0.25, 0.3) is 0 Å². The molecule has 0 aromatic carbocycles. The molecule has 0 aliphatic carbocycles. The summed E-state index contributed by atoms with van der Waals surface area (Å²) in [6.07, 6.45) is 1.79. The van der Waals surface area contributed by atoms with Gasteiger partial charge in [0.05, 0.1) is 0 Å². The fourth-order valence-electron chi connectivity index (χ4n) is 0.323. The Morgan fingerprint density at radius 2 is 2.50 bits per heavy atom. The summed E-state index contributed by atoms with van der Waals surface area (Å²) in [4.78, 5) is 9.90. The molecule has 3 heteroatoms. The molecule has 0 heterocycles. The third kappa shape index (κ3) is 2.47. The van der Waals surface area contributed by atoms with Crippen LogP contribution in [0.4, 0.5) is 0 Å². The van der Waals surface area contributed by atoms with Crippen molar-refractivity contribution in [3.05, 3.63) is 0 Å². The number of rotatable bonds is 4. The average molecular weight is 115 g/mol. The van der Waals surface area contributed by atoms with E-state index in [4.69, 9.17) is 5.41 Å². The number of methoxy groups -OCH3 is 1. The van der Waals surface area contributed by atoms with E-state index in [1.165, 1.54) is 7.11 Å². The third-order valence-electron chi connectivity index (χ3n) is 0.805. The van der Waals surface area contributed by atoms with Gasteiger partial charge in [-0.25, -0.2) is 0 Å². The number of nitrogens with one attached hydrogen (secondary N) is 1. The molecule has 0 radical (unpaired) electrons. The van der Waals surface area contributed by atoms with E-state index in [0.717, 1.165) is 6.21 Å². The molecule has 46 valence electrons. The summed E-state index contributed by atoms with van der Waals surface area (Å²) >= 11 is 0. The molecule has 8 heavy (non-hydrogen) atoms. The molecule has 1 atom stereocenters. The van der Waals surface area contributed by atoms with Crippen LogP contribution in [-0.4, -0.2) is 25.7 Å². The largest absolute Gasteiger partial charge is 0.374 e. The zero-order chi connectivity index (χ0) is 6.41. The van der Waals surface area contributed by atoms with E-state index in [9.17, 15) is 4.79 Å². The standard InChI is InChI=1S/C5H9NO2/c1-8-5(4-7)2-3-6/h3-6H,2H2,1H3. The zero-order valence-corrected chi connectivity index (χ0v) is 4.76. The Morgan fingerprint density at radius 3 is 2.62 bits per heavy atom. The number of hydrogen-bond donors (Lipinski definition) is 1.